The number of Topliss-reactive ketones (excluding diaryl/α,β-unsaturated/α-hetero) is 1. The normalized spacial score (nSPS) is 15.4. The lowest BCUT2D eigenvalue weighted by molar-refractivity contribution is -0.163. The van der Waals surface area contributed by atoms with Crippen LogP contribution in [0.3, 0.4) is 0 Å². The van der Waals surface area contributed by atoms with Gasteiger partial charge >= 0.3 is 5.97 Å². The predicted molar refractivity (Wildman–Crippen MR) is 60.8 cm³/mol. The number of likely N-dealkylation sites (N-methyl/N-ethyl adjacent to an activating group) is 1. The molecule has 1 unspecified atom stereocenters. The van der Waals surface area contributed by atoms with Crippen molar-refractivity contribution in [3.05, 3.63) is 0 Å². The fourth-order valence-corrected chi connectivity index (χ4v) is 1.11. The number of rotatable bonds is 5. The minimum Gasteiger partial charge on any atom is -0.458 e. The van der Waals surface area contributed by atoms with Crippen molar-refractivity contribution < 1.29 is 14.3 Å². The third-order valence-electron chi connectivity index (χ3n) is 1.90. The zero-order chi connectivity index (χ0) is 13.0. The highest BCUT2D eigenvalue weighted by molar-refractivity contribution is 6.09. The molecule has 0 aromatic heterocycles. The molecule has 0 amide bonds. The highest BCUT2D eigenvalue weighted by atomic mass is 16.6. The van der Waals surface area contributed by atoms with Gasteiger partial charge in [-0.1, -0.05) is 0 Å². The molecule has 5 N–H and O–H groups in total. The second kappa shape index (κ2) is 5.38. The number of nitrogens with one attached hydrogen (secondary N) is 1. The molecule has 0 aliphatic heterocycles. The third kappa shape index (κ3) is 3.88. The molecule has 0 aliphatic carbocycles. The Hall–Kier alpha value is -0.980. The van der Waals surface area contributed by atoms with E-state index in [1.54, 1.807) is 27.8 Å². The van der Waals surface area contributed by atoms with Crippen LogP contribution in [0.4, 0.5) is 0 Å². The van der Waals surface area contributed by atoms with Gasteiger partial charge in [-0.3, -0.25) is 4.79 Å². The van der Waals surface area contributed by atoms with E-state index in [4.69, 9.17) is 16.2 Å². The van der Waals surface area contributed by atoms with E-state index >= 15 is 0 Å². The Morgan fingerprint density at radius 3 is 2.12 bits per heavy atom. The van der Waals surface area contributed by atoms with E-state index in [0.29, 0.717) is 0 Å². The van der Waals surface area contributed by atoms with Crippen molar-refractivity contribution in [3.63, 3.8) is 0 Å². The van der Waals surface area contributed by atoms with Crippen LogP contribution in [0.5, 0.6) is 0 Å². The van der Waals surface area contributed by atoms with Crippen LogP contribution in [0.1, 0.15) is 20.8 Å². The molecule has 0 radical (unpaired) electrons. The first-order valence-electron chi connectivity index (χ1n) is 5.07. The summed E-state index contributed by atoms with van der Waals surface area (Å²) in [4.78, 5) is 23.4. The molecule has 0 rings (SSSR count). The van der Waals surface area contributed by atoms with Crippen LogP contribution in [0.2, 0.25) is 0 Å². The molecule has 0 bridgehead atoms. The van der Waals surface area contributed by atoms with Crippen molar-refractivity contribution in [2.75, 3.05) is 20.1 Å². The number of hydrogen-bond acceptors (Lipinski definition) is 6. The van der Waals surface area contributed by atoms with Gasteiger partial charge in [-0.2, -0.15) is 0 Å². The second-order valence-electron chi connectivity index (χ2n) is 4.63. The first-order chi connectivity index (χ1) is 7.17. The molecule has 94 valence electrons. The van der Waals surface area contributed by atoms with Crippen molar-refractivity contribution in [2.45, 2.75) is 31.9 Å². The zero-order valence-electron chi connectivity index (χ0n) is 10.3. The SMILES string of the molecule is CNCC(N)(C(=O)CN)C(=O)OC(C)(C)C. The monoisotopic (exact) mass is 231 g/mol. The number of ether oxygens (including phenoxy) is 1. The standard InChI is InChI=1S/C10H21N3O3/c1-9(2,3)16-8(15)10(12,6-13-4)7(14)5-11/h13H,5-6,11-12H2,1-4H3. The average Bonchev–Trinajstić information content (AvgIpc) is 2.14. The Kier molecular flexibility index (Phi) is 5.05. The molecule has 0 aromatic rings. The fourth-order valence-electron chi connectivity index (χ4n) is 1.11. The van der Waals surface area contributed by atoms with Crippen LogP contribution in [0.15, 0.2) is 0 Å². The largest absolute Gasteiger partial charge is 0.458 e. The number of nitrogens with two attached hydrogens (primary N) is 2. The summed E-state index contributed by atoms with van der Waals surface area (Å²) in [5.41, 5.74) is 8.57. The van der Waals surface area contributed by atoms with E-state index in [9.17, 15) is 9.59 Å². The summed E-state index contributed by atoms with van der Waals surface area (Å²) < 4.78 is 5.10. The molecule has 0 heterocycles. The topological polar surface area (TPSA) is 107 Å². The minimum absolute atomic E-state index is 0.00204. The van der Waals surface area contributed by atoms with Crippen LogP contribution in [0, 0.1) is 0 Å². The van der Waals surface area contributed by atoms with E-state index in [2.05, 4.69) is 5.32 Å². The molecule has 0 spiro atoms. The van der Waals surface area contributed by atoms with E-state index in [1.165, 1.54) is 0 Å². The lowest BCUT2D eigenvalue weighted by atomic mass is 9.94. The van der Waals surface area contributed by atoms with Gasteiger partial charge in [0.25, 0.3) is 0 Å². The lowest BCUT2D eigenvalue weighted by Crippen LogP contribution is -2.63. The maximum Gasteiger partial charge on any atom is 0.335 e. The first-order valence-corrected chi connectivity index (χ1v) is 5.07. The highest BCUT2D eigenvalue weighted by Crippen LogP contribution is 2.13. The maximum absolute atomic E-state index is 11.8. The van der Waals surface area contributed by atoms with Gasteiger partial charge in [0.2, 0.25) is 0 Å². The number of carbonyl (C=O) groups excluding carboxylic acids is 2. The molecule has 0 aliphatic rings. The molecule has 0 aromatic carbocycles. The summed E-state index contributed by atoms with van der Waals surface area (Å²) in [6, 6.07) is 0. The summed E-state index contributed by atoms with van der Waals surface area (Å²) in [6.07, 6.45) is 0. The van der Waals surface area contributed by atoms with E-state index in [1.807, 2.05) is 0 Å². The summed E-state index contributed by atoms with van der Waals surface area (Å²) >= 11 is 0. The molecule has 0 saturated heterocycles. The molecular weight excluding hydrogens is 210 g/mol. The van der Waals surface area contributed by atoms with E-state index in [-0.39, 0.29) is 13.1 Å². The van der Waals surface area contributed by atoms with Gasteiger partial charge in [-0.05, 0) is 27.8 Å². The smallest absolute Gasteiger partial charge is 0.335 e. The Labute approximate surface area is 95.7 Å². The quantitative estimate of drug-likeness (QED) is 0.404. The van der Waals surface area contributed by atoms with Crippen molar-refractivity contribution in [1.29, 1.82) is 0 Å². The molecule has 0 fully saturated rings. The second-order valence-corrected chi connectivity index (χ2v) is 4.63. The summed E-state index contributed by atoms with van der Waals surface area (Å²) in [7, 11) is 1.59. The van der Waals surface area contributed by atoms with Gasteiger partial charge in [0.1, 0.15) is 5.60 Å². The van der Waals surface area contributed by atoms with Gasteiger partial charge < -0.3 is 21.5 Å². The van der Waals surface area contributed by atoms with Gasteiger partial charge in [-0.15, -0.1) is 0 Å². The van der Waals surface area contributed by atoms with Gasteiger partial charge in [0.05, 0.1) is 6.54 Å². The maximum atomic E-state index is 11.8. The molecule has 0 saturated carbocycles. The van der Waals surface area contributed by atoms with Crippen LogP contribution in [-0.4, -0.2) is 43.0 Å². The molecule has 6 nitrogen and oxygen atoms in total. The highest BCUT2D eigenvalue weighted by Gasteiger charge is 2.43. The van der Waals surface area contributed by atoms with Gasteiger partial charge in [-0.25, -0.2) is 4.79 Å². The van der Waals surface area contributed by atoms with Crippen LogP contribution in [-0.2, 0) is 14.3 Å². The Morgan fingerprint density at radius 2 is 1.81 bits per heavy atom. The number of carbonyl (C=O) groups is 2. The predicted octanol–water partition coefficient (Wildman–Crippen LogP) is -1.23. The van der Waals surface area contributed by atoms with Crippen LogP contribution in [0.25, 0.3) is 0 Å². The number of hydrogen-bond donors (Lipinski definition) is 3. The number of ketones is 1. The third-order valence-corrected chi connectivity index (χ3v) is 1.90. The van der Waals surface area contributed by atoms with Crippen LogP contribution >= 0.6 is 0 Å². The molecule has 16 heavy (non-hydrogen) atoms. The Morgan fingerprint density at radius 1 is 1.31 bits per heavy atom. The Bertz CT molecular complexity index is 273. The zero-order valence-corrected chi connectivity index (χ0v) is 10.3. The van der Waals surface area contributed by atoms with Crippen molar-refractivity contribution >= 4 is 11.8 Å². The van der Waals surface area contributed by atoms with Gasteiger partial charge in [0.15, 0.2) is 11.3 Å². The summed E-state index contributed by atoms with van der Waals surface area (Å²) in [5, 5.41) is 2.69. The van der Waals surface area contributed by atoms with Crippen LogP contribution < -0.4 is 16.8 Å². The molecule has 6 heteroatoms. The molecular formula is C10H21N3O3. The molecule has 1 atom stereocenters. The lowest BCUT2D eigenvalue weighted by Gasteiger charge is -2.29. The summed E-state index contributed by atoms with van der Waals surface area (Å²) in [5.74, 6) is -1.30. The van der Waals surface area contributed by atoms with E-state index < -0.39 is 22.9 Å². The summed E-state index contributed by atoms with van der Waals surface area (Å²) in [6.45, 7) is 4.82. The van der Waals surface area contributed by atoms with Crippen molar-refractivity contribution in [3.8, 4) is 0 Å². The Balaban J connectivity index is 4.91. The minimum atomic E-state index is -1.71. The van der Waals surface area contributed by atoms with E-state index in [0.717, 1.165) is 0 Å². The number of esters is 1. The van der Waals surface area contributed by atoms with Crippen molar-refractivity contribution in [2.24, 2.45) is 11.5 Å². The van der Waals surface area contributed by atoms with Crippen molar-refractivity contribution in [1.82, 2.24) is 5.32 Å². The van der Waals surface area contributed by atoms with Gasteiger partial charge in [0, 0.05) is 6.54 Å². The fraction of sp³-hybridized carbons (Fsp3) is 0.800. The first kappa shape index (κ1) is 15.0. The average molecular weight is 231 g/mol.